The average molecular weight is 353 g/mol. The molecule has 0 fully saturated rings. The summed E-state index contributed by atoms with van der Waals surface area (Å²) in [5.74, 6) is 2.23. The highest BCUT2D eigenvalue weighted by Crippen LogP contribution is 2.20. The summed E-state index contributed by atoms with van der Waals surface area (Å²) in [6, 6.07) is 14.1. The van der Waals surface area contributed by atoms with Crippen LogP contribution in [0, 0.1) is 12.3 Å². The van der Waals surface area contributed by atoms with E-state index in [1.54, 1.807) is 12.1 Å². The van der Waals surface area contributed by atoms with Gasteiger partial charge in [-0.25, -0.2) is 9.59 Å². The highest BCUT2D eigenvalue weighted by Gasteiger charge is 2.14. The molecule has 0 atom stereocenters. The third kappa shape index (κ3) is 5.56. The lowest BCUT2D eigenvalue weighted by atomic mass is 10.1. The molecule has 0 saturated heterocycles. The Kier molecular flexibility index (Phi) is 7.07. The average Bonchev–Trinajstić information content (AvgIpc) is 2.69. The monoisotopic (exact) mass is 353 g/mol. The first-order chi connectivity index (χ1) is 12.6. The fraction of sp³-hybridized carbons (Fsp3) is 0.200. The minimum atomic E-state index is -0.549. The number of hydrogen-bond donors (Lipinski definition) is 1. The van der Waals surface area contributed by atoms with Gasteiger partial charge in [0.1, 0.15) is 24.5 Å². The molecule has 0 aliphatic rings. The summed E-state index contributed by atoms with van der Waals surface area (Å²) in [4.78, 5) is 23.5. The normalized spacial score (nSPS) is 9.69. The van der Waals surface area contributed by atoms with Crippen LogP contribution < -0.4 is 10.1 Å². The minimum Gasteiger partial charge on any atom is -0.491 e. The molecule has 6 heteroatoms. The van der Waals surface area contributed by atoms with E-state index >= 15 is 0 Å². The van der Waals surface area contributed by atoms with Gasteiger partial charge in [0.2, 0.25) is 0 Å². The SMILES string of the molecule is C#Cc1ccc(OCCNC(=O)OCc2ccccc2)c(C(=O)OC)c1. The Hall–Kier alpha value is -3.46. The number of carbonyl (C=O) groups excluding carboxylic acids is 2. The molecule has 0 bridgehead atoms. The van der Waals surface area contributed by atoms with Crippen molar-refractivity contribution in [2.24, 2.45) is 0 Å². The maximum Gasteiger partial charge on any atom is 0.407 e. The third-order valence-corrected chi connectivity index (χ3v) is 3.39. The van der Waals surface area contributed by atoms with E-state index in [2.05, 4.69) is 11.2 Å². The van der Waals surface area contributed by atoms with Crippen LogP contribution in [-0.2, 0) is 16.1 Å². The number of nitrogens with one attached hydrogen (secondary N) is 1. The van der Waals surface area contributed by atoms with Crippen LogP contribution in [0.25, 0.3) is 0 Å². The number of hydrogen-bond acceptors (Lipinski definition) is 5. The van der Waals surface area contributed by atoms with Gasteiger partial charge < -0.3 is 19.5 Å². The zero-order valence-corrected chi connectivity index (χ0v) is 14.4. The second-order valence-corrected chi connectivity index (χ2v) is 5.18. The van der Waals surface area contributed by atoms with Crippen LogP contribution in [0.4, 0.5) is 4.79 Å². The minimum absolute atomic E-state index is 0.153. The summed E-state index contributed by atoms with van der Waals surface area (Å²) < 4.78 is 15.3. The molecule has 2 aromatic rings. The van der Waals surface area contributed by atoms with Gasteiger partial charge in [0.25, 0.3) is 0 Å². The van der Waals surface area contributed by atoms with Crippen LogP contribution >= 0.6 is 0 Å². The summed E-state index contributed by atoms with van der Waals surface area (Å²) >= 11 is 0. The van der Waals surface area contributed by atoms with Gasteiger partial charge in [-0.05, 0) is 23.8 Å². The van der Waals surface area contributed by atoms with Crippen molar-refractivity contribution < 1.29 is 23.8 Å². The first-order valence-electron chi connectivity index (χ1n) is 7.90. The largest absolute Gasteiger partial charge is 0.491 e. The second-order valence-electron chi connectivity index (χ2n) is 5.18. The number of methoxy groups -OCH3 is 1. The van der Waals surface area contributed by atoms with Crippen molar-refractivity contribution in [1.29, 1.82) is 0 Å². The molecule has 0 aliphatic carbocycles. The zero-order valence-electron chi connectivity index (χ0n) is 14.4. The molecule has 0 aliphatic heterocycles. The maximum absolute atomic E-state index is 11.8. The van der Waals surface area contributed by atoms with Gasteiger partial charge in [0.15, 0.2) is 0 Å². The van der Waals surface area contributed by atoms with Crippen LogP contribution in [-0.4, -0.2) is 32.3 Å². The Labute approximate surface area is 152 Å². The van der Waals surface area contributed by atoms with Gasteiger partial charge in [-0.3, -0.25) is 0 Å². The smallest absolute Gasteiger partial charge is 0.407 e. The van der Waals surface area contributed by atoms with E-state index in [9.17, 15) is 9.59 Å². The molecule has 134 valence electrons. The van der Waals surface area contributed by atoms with Gasteiger partial charge in [-0.1, -0.05) is 36.3 Å². The number of alkyl carbamates (subject to hydrolysis) is 1. The standard InChI is InChI=1S/C20H19NO5/c1-3-15-9-10-18(17(13-15)19(22)24-2)25-12-11-21-20(23)26-14-16-7-5-4-6-8-16/h1,4-10,13H,11-12,14H2,2H3,(H,21,23). The summed E-state index contributed by atoms with van der Waals surface area (Å²) in [6.07, 6.45) is 4.78. The number of esters is 1. The van der Waals surface area contributed by atoms with Crippen molar-refractivity contribution in [3.63, 3.8) is 0 Å². The molecule has 6 nitrogen and oxygen atoms in total. The number of ether oxygens (including phenoxy) is 3. The molecule has 0 saturated carbocycles. The molecule has 0 heterocycles. The summed E-state index contributed by atoms with van der Waals surface area (Å²) in [5.41, 5.74) is 1.67. The first kappa shape index (κ1) is 18.9. The molecule has 1 N–H and O–H groups in total. The first-order valence-corrected chi connectivity index (χ1v) is 7.90. The lowest BCUT2D eigenvalue weighted by molar-refractivity contribution is 0.0595. The van der Waals surface area contributed by atoms with E-state index in [-0.39, 0.29) is 25.3 Å². The van der Waals surface area contributed by atoms with Crippen LogP contribution in [0.5, 0.6) is 5.75 Å². The number of amides is 1. The lowest BCUT2D eigenvalue weighted by Gasteiger charge is -2.11. The Morgan fingerprint density at radius 2 is 1.92 bits per heavy atom. The van der Waals surface area contributed by atoms with E-state index < -0.39 is 12.1 Å². The molecule has 0 radical (unpaired) electrons. The van der Waals surface area contributed by atoms with E-state index in [1.807, 2.05) is 30.3 Å². The number of terminal acetylenes is 1. The van der Waals surface area contributed by atoms with Crippen molar-refractivity contribution in [2.75, 3.05) is 20.3 Å². The van der Waals surface area contributed by atoms with Gasteiger partial charge in [-0.2, -0.15) is 0 Å². The van der Waals surface area contributed by atoms with Crippen LogP contribution in [0.1, 0.15) is 21.5 Å². The van der Waals surface area contributed by atoms with E-state index in [0.717, 1.165) is 5.56 Å². The summed E-state index contributed by atoms with van der Waals surface area (Å²) in [7, 11) is 1.28. The molecular weight excluding hydrogens is 334 g/mol. The Bertz CT molecular complexity index is 796. The fourth-order valence-corrected chi connectivity index (χ4v) is 2.10. The summed E-state index contributed by atoms with van der Waals surface area (Å²) in [6.45, 7) is 0.554. The Morgan fingerprint density at radius 3 is 2.62 bits per heavy atom. The number of benzene rings is 2. The van der Waals surface area contributed by atoms with Gasteiger partial charge in [-0.15, -0.1) is 6.42 Å². The molecule has 0 aromatic heterocycles. The molecule has 0 spiro atoms. The molecule has 2 aromatic carbocycles. The van der Waals surface area contributed by atoms with E-state index in [4.69, 9.17) is 20.6 Å². The number of carbonyl (C=O) groups is 2. The van der Waals surface area contributed by atoms with Gasteiger partial charge in [0, 0.05) is 5.56 Å². The molecular formula is C20H19NO5. The predicted molar refractivity (Wildman–Crippen MR) is 95.8 cm³/mol. The Morgan fingerprint density at radius 1 is 1.15 bits per heavy atom. The quantitative estimate of drug-likeness (QED) is 0.471. The van der Waals surface area contributed by atoms with Gasteiger partial charge in [0.05, 0.1) is 13.7 Å². The second kappa shape index (κ2) is 9.74. The molecule has 26 heavy (non-hydrogen) atoms. The summed E-state index contributed by atoms with van der Waals surface area (Å²) in [5, 5.41) is 2.57. The highest BCUT2D eigenvalue weighted by atomic mass is 16.5. The maximum atomic E-state index is 11.8. The van der Waals surface area contributed by atoms with Gasteiger partial charge >= 0.3 is 12.1 Å². The molecule has 1 amide bonds. The van der Waals surface area contributed by atoms with Crippen molar-refractivity contribution in [1.82, 2.24) is 5.32 Å². The number of rotatable bonds is 7. The van der Waals surface area contributed by atoms with Crippen LogP contribution in [0.2, 0.25) is 0 Å². The van der Waals surface area contributed by atoms with Crippen molar-refractivity contribution in [3.05, 3.63) is 65.2 Å². The fourth-order valence-electron chi connectivity index (χ4n) is 2.10. The third-order valence-electron chi connectivity index (χ3n) is 3.39. The highest BCUT2D eigenvalue weighted by molar-refractivity contribution is 5.92. The predicted octanol–water partition coefficient (Wildman–Crippen LogP) is 2.76. The van der Waals surface area contributed by atoms with Crippen LogP contribution in [0.15, 0.2) is 48.5 Å². The van der Waals surface area contributed by atoms with Crippen molar-refractivity contribution in [3.8, 4) is 18.1 Å². The topological polar surface area (TPSA) is 73.9 Å². The van der Waals surface area contributed by atoms with Crippen molar-refractivity contribution in [2.45, 2.75) is 6.61 Å². The van der Waals surface area contributed by atoms with E-state index in [1.165, 1.54) is 13.2 Å². The molecule has 0 unspecified atom stereocenters. The van der Waals surface area contributed by atoms with Crippen LogP contribution in [0.3, 0.4) is 0 Å². The van der Waals surface area contributed by atoms with Crippen molar-refractivity contribution >= 4 is 12.1 Å². The zero-order chi connectivity index (χ0) is 18.8. The Balaban J connectivity index is 1.79. The van der Waals surface area contributed by atoms with E-state index in [0.29, 0.717) is 11.3 Å². The lowest BCUT2D eigenvalue weighted by Crippen LogP contribution is -2.28. The molecule has 2 rings (SSSR count).